The Balaban J connectivity index is 2.38. The number of carbonyl (C=O) groups is 1. The third-order valence-corrected chi connectivity index (χ3v) is 4.75. The molecule has 0 saturated carbocycles. The Bertz CT molecular complexity index is 377. The van der Waals surface area contributed by atoms with Gasteiger partial charge in [-0.2, -0.15) is 0 Å². The van der Waals surface area contributed by atoms with E-state index in [1.54, 1.807) is 0 Å². The monoisotopic (exact) mass is 278 g/mol. The van der Waals surface area contributed by atoms with Crippen molar-refractivity contribution in [3.63, 3.8) is 0 Å². The van der Waals surface area contributed by atoms with Crippen LogP contribution >= 0.6 is 0 Å². The summed E-state index contributed by atoms with van der Waals surface area (Å²) in [6.07, 6.45) is 1.07. The Morgan fingerprint density at radius 3 is 2.39 bits per heavy atom. The van der Waals surface area contributed by atoms with E-state index in [1.807, 2.05) is 6.92 Å². The molecule has 0 radical (unpaired) electrons. The topological polar surface area (TPSA) is 75.7 Å². The minimum absolute atomic E-state index is 0.185. The summed E-state index contributed by atoms with van der Waals surface area (Å²) in [6.45, 7) is 6.98. The molecule has 1 amide bonds. The number of ether oxygens (including phenoxy) is 1. The average molecular weight is 278 g/mol. The van der Waals surface area contributed by atoms with Gasteiger partial charge in [0.05, 0.1) is 13.2 Å². The number of nitrogens with zero attached hydrogens (tertiary/aromatic N) is 1. The van der Waals surface area contributed by atoms with Crippen molar-refractivity contribution in [3.05, 3.63) is 0 Å². The minimum atomic E-state index is -3.32. The van der Waals surface area contributed by atoms with Crippen molar-refractivity contribution < 1.29 is 17.9 Å². The van der Waals surface area contributed by atoms with E-state index in [2.05, 4.69) is 10.2 Å². The van der Waals surface area contributed by atoms with Crippen LogP contribution in [0.4, 0.5) is 0 Å². The quantitative estimate of drug-likeness (QED) is 0.716. The second-order valence-electron chi connectivity index (χ2n) is 4.71. The summed E-state index contributed by atoms with van der Waals surface area (Å²) in [5, 5.41) is 1.69. The van der Waals surface area contributed by atoms with Crippen LogP contribution in [0, 0.1) is 0 Å². The molecule has 1 saturated heterocycles. The Hall–Kier alpha value is -0.660. The molecular weight excluding hydrogens is 256 g/mol. The fraction of sp³-hybridized carbons (Fsp3) is 0.909. The summed E-state index contributed by atoms with van der Waals surface area (Å²) in [5.41, 5.74) is 0. The zero-order valence-electron chi connectivity index (χ0n) is 11.2. The maximum Gasteiger partial charge on any atom is 0.238 e. The lowest BCUT2D eigenvalue weighted by atomic mass is 10.2. The molecule has 0 unspecified atom stereocenters. The Morgan fingerprint density at radius 1 is 1.33 bits per heavy atom. The minimum Gasteiger partial charge on any atom is -0.379 e. The molecule has 1 heterocycles. The van der Waals surface area contributed by atoms with Gasteiger partial charge in [-0.05, 0) is 13.8 Å². The highest BCUT2D eigenvalue weighted by molar-refractivity contribution is 7.92. The number of carbonyl (C=O) groups excluding carboxylic acids is 1. The summed E-state index contributed by atoms with van der Waals surface area (Å²) >= 11 is 0. The van der Waals surface area contributed by atoms with Gasteiger partial charge >= 0.3 is 0 Å². The highest BCUT2D eigenvalue weighted by Crippen LogP contribution is 2.03. The number of morpholine rings is 1. The van der Waals surface area contributed by atoms with Crippen molar-refractivity contribution in [1.82, 2.24) is 10.2 Å². The van der Waals surface area contributed by atoms with Gasteiger partial charge in [0.15, 0.2) is 9.84 Å². The van der Waals surface area contributed by atoms with Gasteiger partial charge in [-0.3, -0.25) is 9.69 Å². The molecular formula is C11H22N2O4S. The van der Waals surface area contributed by atoms with Crippen molar-refractivity contribution in [3.8, 4) is 0 Å². The van der Waals surface area contributed by atoms with Gasteiger partial charge in [0.2, 0.25) is 5.91 Å². The molecule has 0 aromatic rings. The lowest BCUT2D eigenvalue weighted by molar-refractivity contribution is -0.120. The summed E-state index contributed by atoms with van der Waals surface area (Å²) in [7, 11) is -3.32. The standard InChI is InChI=1S/C11H22N2O4S/c1-9(13-4-6-17-7-5-13)8-12-11(14)10(2)18(3,15)16/h9-10H,4-8H2,1-3H3,(H,12,14)/t9-,10+/m0/s1. The third-order valence-electron chi connectivity index (χ3n) is 3.25. The van der Waals surface area contributed by atoms with Crippen LogP contribution in [0.3, 0.4) is 0 Å². The molecule has 106 valence electrons. The average Bonchev–Trinajstić information content (AvgIpc) is 2.34. The number of rotatable bonds is 5. The van der Waals surface area contributed by atoms with Gasteiger partial charge in [-0.25, -0.2) is 8.42 Å². The summed E-state index contributed by atoms with van der Waals surface area (Å²) in [5.74, 6) is -0.433. The fourth-order valence-electron chi connectivity index (χ4n) is 1.73. The van der Waals surface area contributed by atoms with Crippen LogP contribution < -0.4 is 5.32 Å². The fourth-order valence-corrected chi connectivity index (χ4v) is 2.21. The van der Waals surface area contributed by atoms with Crippen LogP contribution in [0.1, 0.15) is 13.8 Å². The predicted molar refractivity (Wildman–Crippen MR) is 69.2 cm³/mol. The van der Waals surface area contributed by atoms with Crippen LogP contribution in [0.5, 0.6) is 0 Å². The normalized spacial score (nSPS) is 21.3. The first kappa shape index (κ1) is 15.4. The van der Waals surface area contributed by atoms with E-state index < -0.39 is 21.0 Å². The molecule has 1 N–H and O–H groups in total. The van der Waals surface area contributed by atoms with Crippen molar-refractivity contribution in [2.75, 3.05) is 39.1 Å². The lowest BCUT2D eigenvalue weighted by Crippen LogP contribution is -2.49. The predicted octanol–water partition coefficient (Wildman–Crippen LogP) is -0.744. The highest BCUT2D eigenvalue weighted by atomic mass is 32.2. The van der Waals surface area contributed by atoms with E-state index in [0.29, 0.717) is 19.8 Å². The van der Waals surface area contributed by atoms with E-state index in [1.165, 1.54) is 6.92 Å². The van der Waals surface area contributed by atoms with Crippen LogP contribution in [0.15, 0.2) is 0 Å². The van der Waals surface area contributed by atoms with Crippen molar-refractivity contribution in [2.45, 2.75) is 25.1 Å². The Morgan fingerprint density at radius 2 is 1.89 bits per heavy atom. The van der Waals surface area contributed by atoms with E-state index in [-0.39, 0.29) is 6.04 Å². The number of hydrogen-bond acceptors (Lipinski definition) is 5. The molecule has 7 heteroatoms. The first-order chi connectivity index (χ1) is 8.32. The summed E-state index contributed by atoms with van der Waals surface area (Å²) < 4.78 is 27.7. The molecule has 0 aromatic carbocycles. The van der Waals surface area contributed by atoms with Gasteiger partial charge in [-0.1, -0.05) is 0 Å². The molecule has 0 spiro atoms. The Kier molecular flexibility index (Phi) is 5.55. The van der Waals surface area contributed by atoms with Crippen LogP contribution in [-0.4, -0.2) is 69.6 Å². The lowest BCUT2D eigenvalue weighted by Gasteiger charge is -2.32. The summed E-state index contributed by atoms with van der Waals surface area (Å²) in [4.78, 5) is 13.9. The largest absolute Gasteiger partial charge is 0.379 e. The first-order valence-electron chi connectivity index (χ1n) is 6.10. The molecule has 1 rings (SSSR count). The van der Waals surface area contributed by atoms with Crippen molar-refractivity contribution >= 4 is 15.7 Å². The SMILES string of the molecule is C[C@H](C(=O)NC[C@H](C)N1CCOCC1)S(C)(=O)=O. The zero-order valence-corrected chi connectivity index (χ0v) is 12.0. The first-order valence-corrected chi connectivity index (χ1v) is 8.06. The molecule has 0 bridgehead atoms. The van der Waals surface area contributed by atoms with E-state index in [0.717, 1.165) is 19.3 Å². The van der Waals surface area contributed by atoms with E-state index >= 15 is 0 Å². The Labute approximate surface area is 109 Å². The molecule has 1 fully saturated rings. The maximum absolute atomic E-state index is 11.6. The summed E-state index contributed by atoms with van der Waals surface area (Å²) in [6, 6.07) is 0.185. The molecule has 0 aromatic heterocycles. The van der Waals surface area contributed by atoms with Crippen LogP contribution in [-0.2, 0) is 19.4 Å². The van der Waals surface area contributed by atoms with Gasteiger partial charge < -0.3 is 10.1 Å². The second kappa shape index (κ2) is 6.49. The van der Waals surface area contributed by atoms with Gasteiger partial charge in [-0.15, -0.1) is 0 Å². The molecule has 6 nitrogen and oxygen atoms in total. The molecule has 1 aliphatic heterocycles. The molecule has 0 aliphatic carbocycles. The zero-order chi connectivity index (χ0) is 13.8. The number of hydrogen-bond donors (Lipinski definition) is 1. The van der Waals surface area contributed by atoms with E-state index in [4.69, 9.17) is 4.74 Å². The van der Waals surface area contributed by atoms with Crippen molar-refractivity contribution in [2.24, 2.45) is 0 Å². The maximum atomic E-state index is 11.6. The van der Waals surface area contributed by atoms with Gasteiger partial charge in [0.1, 0.15) is 5.25 Å². The molecule has 18 heavy (non-hydrogen) atoms. The third kappa shape index (κ3) is 4.55. The smallest absolute Gasteiger partial charge is 0.238 e. The van der Waals surface area contributed by atoms with E-state index in [9.17, 15) is 13.2 Å². The number of amides is 1. The van der Waals surface area contributed by atoms with Gasteiger partial charge in [0, 0.05) is 31.9 Å². The highest BCUT2D eigenvalue weighted by Gasteiger charge is 2.24. The van der Waals surface area contributed by atoms with Crippen LogP contribution in [0.2, 0.25) is 0 Å². The van der Waals surface area contributed by atoms with Crippen LogP contribution in [0.25, 0.3) is 0 Å². The van der Waals surface area contributed by atoms with Gasteiger partial charge in [0.25, 0.3) is 0 Å². The number of nitrogens with one attached hydrogen (secondary N) is 1. The van der Waals surface area contributed by atoms with Crippen molar-refractivity contribution in [1.29, 1.82) is 0 Å². The molecule has 1 aliphatic rings. The molecule has 2 atom stereocenters. The number of sulfone groups is 1. The second-order valence-corrected chi connectivity index (χ2v) is 7.08.